The Kier molecular flexibility index (Phi) is 5.22. The summed E-state index contributed by atoms with van der Waals surface area (Å²) in [7, 11) is 0. The molecule has 2 aromatic carbocycles. The number of amides is 1. The number of anilines is 2. The van der Waals surface area contributed by atoms with Crippen LogP contribution in [0.4, 0.5) is 11.6 Å². The second kappa shape index (κ2) is 7.98. The van der Waals surface area contributed by atoms with Gasteiger partial charge in [-0.25, -0.2) is 0 Å². The van der Waals surface area contributed by atoms with Crippen LogP contribution in [-0.2, 0) is 4.79 Å². The number of aryl methyl sites for hydroxylation is 2. The van der Waals surface area contributed by atoms with E-state index in [9.17, 15) is 4.79 Å². The van der Waals surface area contributed by atoms with Crippen LogP contribution in [0.3, 0.4) is 0 Å². The summed E-state index contributed by atoms with van der Waals surface area (Å²) >= 11 is 0. The van der Waals surface area contributed by atoms with E-state index in [2.05, 4.69) is 26.2 Å². The molecule has 1 aromatic heterocycles. The molecule has 1 aliphatic heterocycles. The van der Waals surface area contributed by atoms with Gasteiger partial charge in [0, 0.05) is 16.9 Å². The van der Waals surface area contributed by atoms with Gasteiger partial charge in [0.2, 0.25) is 5.95 Å². The fourth-order valence-corrected chi connectivity index (χ4v) is 3.73. The van der Waals surface area contributed by atoms with E-state index in [0.29, 0.717) is 29.6 Å². The molecule has 1 amide bonds. The molecule has 1 aliphatic rings. The lowest BCUT2D eigenvalue weighted by atomic mass is 9.94. The van der Waals surface area contributed by atoms with Crippen LogP contribution in [0.5, 0.6) is 5.75 Å². The number of ether oxygens (including phenoxy) is 1. The highest BCUT2D eigenvalue weighted by Crippen LogP contribution is 2.39. The van der Waals surface area contributed by atoms with E-state index in [1.54, 1.807) is 4.68 Å². The first kappa shape index (κ1) is 19.6. The molecule has 0 bridgehead atoms. The van der Waals surface area contributed by atoms with Gasteiger partial charge in [-0.2, -0.15) is 4.68 Å². The smallest absolute Gasteiger partial charge is 0.255 e. The lowest BCUT2D eigenvalue weighted by Gasteiger charge is -2.29. The van der Waals surface area contributed by atoms with Gasteiger partial charge in [0.25, 0.3) is 5.91 Å². The number of nitrogens with zero attached hydrogens (tertiary/aromatic N) is 4. The van der Waals surface area contributed by atoms with Crippen LogP contribution in [0.25, 0.3) is 0 Å². The summed E-state index contributed by atoms with van der Waals surface area (Å²) < 4.78 is 7.45. The van der Waals surface area contributed by atoms with Gasteiger partial charge in [0.05, 0.1) is 12.2 Å². The molecule has 4 rings (SSSR count). The van der Waals surface area contributed by atoms with Crippen LogP contribution >= 0.6 is 0 Å². The van der Waals surface area contributed by atoms with Crippen LogP contribution in [-0.4, -0.2) is 32.7 Å². The number of carbonyl (C=O) groups is 1. The van der Waals surface area contributed by atoms with Crippen LogP contribution < -0.4 is 15.4 Å². The third kappa shape index (κ3) is 3.52. The summed E-state index contributed by atoms with van der Waals surface area (Å²) in [5, 5.41) is 18.2. The maximum absolute atomic E-state index is 13.5. The normalized spacial score (nSPS) is 15.4. The number of benzene rings is 2. The predicted octanol–water partition coefficient (Wildman–Crippen LogP) is 3.62. The summed E-state index contributed by atoms with van der Waals surface area (Å²) in [6, 6.07) is 13.1. The van der Waals surface area contributed by atoms with Crippen molar-refractivity contribution in [3.8, 4) is 5.75 Å². The van der Waals surface area contributed by atoms with Crippen molar-refractivity contribution in [3.05, 3.63) is 70.4 Å². The van der Waals surface area contributed by atoms with E-state index < -0.39 is 6.04 Å². The zero-order valence-electron chi connectivity index (χ0n) is 17.4. The quantitative estimate of drug-likeness (QED) is 0.675. The highest BCUT2D eigenvalue weighted by atomic mass is 16.5. The van der Waals surface area contributed by atoms with E-state index in [1.807, 2.05) is 70.2 Å². The summed E-state index contributed by atoms with van der Waals surface area (Å²) in [5.41, 5.74) is 4.95. The summed E-state index contributed by atoms with van der Waals surface area (Å²) in [6.45, 7) is 8.29. The summed E-state index contributed by atoms with van der Waals surface area (Å²) in [6.07, 6.45) is 0. The molecule has 0 aliphatic carbocycles. The van der Waals surface area contributed by atoms with Crippen LogP contribution in [0.2, 0.25) is 0 Å². The Morgan fingerprint density at radius 1 is 1.20 bits per heavy atom. The van der Waals surface area contributed by atoms with E-state index in [0.717, 1.165) is 22.4 Å². The highest BCUT2D eigenvalue weighted by Gasteiger charge is 2.35. The third-order valence-corrected chi connectivity index (χ3v) is 5.10. The molecular weight excluding hydrogens is 380 g/mol. The molecule has 2 N–H and O–H groups in total. The zero-order chi connectivity index (χ0) is 21.3. The molecule has 0 saturated heterocycles. The van der Waals surface area contributed by atoms with Crippen molar-refractivity contribution in [1.82, 2.24) is 20.2 Å². The minimum atomic E-state index is -0.523. The van der Waals surface area contributed by atoms with E-state index in [1.165, 1.54) is 0 Å². The van der Waals surface area contributed by atoms with Crippen molar-refractivity contribution < 1.29 is 9.53 Å². The third-order valence-electron chi connectivity index (χ3n) is 5.10. The Balaban J connectivity index is 1.79. The lowest BCUT2D eigenvalue weighted by Crippen LogP contribution is -2.32. The largest absolute Gasteiger partial charge is 0.494 e. The van der Waals surface area contributed by atoms with Crippen molar-refractivity contribution in [2.45, 2.75) is 33.7 Å². The average Bonchev–Trinajstić information content (AvgIpc) is 3.18. The SMILES string of the molecule is CCOc1ccccc1[C@@H]1C(C(=O)Nc2ccc(C)cc2C)=C(C)Nc2nnnn21. The predicted molar refractivity (Wildman–Crippen MR) is 114 cm³/mol. The van der Waals surface area contributed by atoms with Crippen molar-refractivity contribution >= 4 is 17.5 Å². The van der Waals surface area contributed by atoms with Gasteiger partial charge >= 0.3 is 0 Å². The fraction of sp³-hybridized carbons (Fsp3) is 0.273. The Hall–Kier alpha value is -3.68. The number of carbonyl (C=O) groups excluding carboxylic acids is 1. The first-order chi connectivity index (χ1) is 14.5. The fourth-order valence-electron chi connectivity index (χ4n) is 3.73. The molecule has 0 spiro atoms. The minimum Gasteiger partial charge on any atom is -0.494 e. The second-order valence-electron chi connectivity index (χ2n) is 7.26. The van der Waals surface area contributed by atoms with Gasteiger partial charge in [-0.1, -0.05) is 41.0 Å². The number of tetrazole rings is 1. The van der Waals surface area contributed by atoms with Gasteiger partial charge < -0.3 is 15.4 Å². The van der Waals surface area contributed by atoms with Crippen molar-refractivity contribution in [3.63, 3.8) is 0 Å². The van der Waals surface area contributed by atoms with Crippen LogP contribution in [0.1, 0.15) is 36.6 Å². The molecule has 0 fully saturated rings. The topological polar surface area (TPSA) is 94.0 Å². The molecule has 30 heavy (non-hydrogen) atoms. The summed E-state index contributed by atoms with van der Waals surface area (Å²) in [5.74, 6) is 0.953. The van der Waals surface area contributed by atoms with Crippen molar-refractivity contribution in [2.75, 3.05) is 17.2 Å². The molecule has 8 nitrogen and oxygen atoms in total. The lowest BCUT2D eigenvalue weighted by molar-refractivity contribution is -0.113. The van der Waals surface area contributed by atoms with Gasteiger partial charge in [0.1, 0.15) is 11.8 Å². The number of aromatic nitrogens is 4. The Labute approximate surface area is 174 Å². The maximum Gasteiger partial charge on any atom is 0.255 e. The molecule has 2 heterocycles. The first-order valence-electron chi connectivity index (χ1n) is 9.85. The molecular formula is C22H24N6O2. The standard InChI is InChI=1S/C22H24N6O2/c1-5-30-18-9-7-6-8-16(18)20-19(15(4)23-22-25-26-27-28(20)22)21(29)24-17-11-10-13(2)12-14(17)3/h6-12,20H,5H2,1-4H3,(H,24,29)(H,23,25,27)/t20-/m1/s1. The van der Waals surface area contributed by atoms with Crippen LogP contribution in [0, 0.1) is 13.8 Å². The van der Waals surface area contributed by atoms with E-state index in [-0.39, 0.29) is 5.91 Å². The van der Waals surface area contributed by atoms with Crippen molar-refractivity contribution in [2.24, 2.45) is 0 Å². The minimum absolute atomic E-state index is 0.218. The van der Waals surface area contributed by atoms with Gasteiger partial charge in [-0.15, -0.1) is 0 Å². The second-order valence-corrected chi connectivity index (χ2v) is 7.26. The maximum atomic E-state index is 13.5. The van der Waals surface area contributed by atoms with E-state index >= 15 is 0 Å². The Morgan fingerprint density at radius 2 is 2.00 bits per heavy atom. The number of rotatable bonds is 5. The number of allylic oxidation sites excluding steroid dienone is 1. The van der Waals surface area contributed by atoms with Gasteiger partial charge in [-0.05, 0) is 55.8 Å². The molecule has 0 unspecified atom stereocenters. The number of hydrogen-bond acceptors (Lipinski definition) is 6. The van der Waals surface area contributed by atoms with Crippen molar-refractivity contribution in [1.29, 1.82) is 0 Å². The number of hydrogen-bond donors (Lipinski definition) is 2. The zero-order valence-corrected chi connectivity index (χ0v) is 17.4. The molecule has 8 heteroatoms. The number of nitrogens with one attached hydrogen (secondary N) is 2. The van der Waals surface area contributed by atoms with Gasteiger partial charge in [-0.3, -0.25) is 4.79 Å². The monoisotopic (exact) mass is 404 g/mol. The van der Waals surface area contributed by atoms with Crippen LogP contribution in [0.15, 0.2) is 53.7 Å². The average molecular weight is 404 g/mol. The Morgan fingerprint density at radius 3 is 2.77 bits per heavy atom. The molecule has 0 saturated carbocycles. The molecule has 3 aromatic rings. The Bertz CT molecular complexity index is 1130. The summed E-state index contributed by atoms with van der Waals surface area (Å²) in [4.78, 5) is 13.5. The first-order valence-corrected chi connectivity index (χ1v) is 9.85. The molecule has 1 atom stereocenters. The number of fused-ring (bicyclic) bond motifs is 1. The van der Waals surface area contributed by atoms with E-state index in [4.69, 9.17) is 4.74 Å². The molecule has 0 radical (unpaired) electrons. The number of para-hydroxylation sites is 1. The van der Waals surface area contributed by atoms with Gasteiger partial charge in [0.15, 0.2) is 0 Å². The highest BCUT2D eigenvalue weighted by molar-refractivity contribution is 6.06. The molecule has 154 valence electrons.